The number of anilines is 1. The number of hydrogen-bond donors (Lipinski definition) is 2. The van der Waals surface area contributed by atoms with Crippen LogP contribution in [-0.4, -0.2) is 19.0 Å². The van der Waals surface area contributed by atoms with E-state index in [1.54, 1.807) is 12.1 Å². The zero-order valence-electron chi connectivity index (χ0n) is 12.1. The van der Waals surface area contributed by atoms with Gasteiger partial charge < -0.3 is 10.6 Å². The molecule has 0 aliphatic heterocycles. The van der Waals surface area contributed by atoms with Crippen molar-refractivity contribution in [1.29, 1.82) is 0 Å². The smallest absolute Gasteiger partial charge is 0.225 e. The molecule has 0 atom stereocenters. The molecule has 2 rings (SSSR count). The van der Waals surface area contributed by atoms with Gasteiger partial charge in [-0.05, 0) is 48.9 Å². The average molecular weight is 337 g/mol. The number of rotatable bonds is 7. The molecule has 0 radical (unpaired) electrons. The largest absolute Gasteiger partial charge is 0.326 e. The van der Waals surface area contributed by atoms with Crippen molar-refractivity contribution in [3.8, 4) is 0 Å². The van der Waals surface area contributed by atoms with Crippen LogP contribution in [-0.2, 0) is 11.2 Å². The third-order valence-electron chi connectivity index (χ3n) is 3.14. The number of nitrogens with one attached hydrogen (secondary N) is 2. The number of benzene rings is 2. The molecule has 3 nitrogen and oxygen atoms in total. The maximum atomic E-state index is 11.8. The third kappa shape index (κ3) is 6.06. The molecule has 0 aliphatic rings. The number of hydrogen-bond acceptors (Lipinski definition) is 2. The molecule has 0 fully saturated rings. The van der Waals surface area contributed by atoms with Crippen molar-refractivity contribution in [3.05, 3.63) is 64.1 Å². The highest BCUT2D eigenvalue weighted by molar-refractivity contribution is 6.31. The highest BCUT2D eigenvalue weighted by atomic mass is 35.5. The zero-order chi connectivity index (χ0) is 15.8. The maximum Gasteiger partial charge on any atom is 0.225 e. The summed E-state index contributed by atoms with van der Waals surface area (Å²) in [4.78, 5) is 11.8. The normalized spacial score (nSPS) is 10.5. The molecule has 2 aromatic rings. The summed E-state index contributed by atoms with van der Waals surface area (Å²) in [6.45, 7) is 1.46. The predicted octanol–water partition coefficient (Wildman–Crippen LogP) is 4.15. The van der Waals surface area contributed by atoms with Crippen LogP contribution in [0, 0.1) is 0 Å². The third-order valence-corrected chi connectivity index (χ3v) is 3.63. The Kier molecular flexibility index (Phi) is 6.72. The van der Waals surface area contributed by atoms with Gasteiger partial charge in [0.1, 0.15) is 0 Å². The van der Waals surface area contributed by atoms with Gasteiger partial charge in [-0.1, -0.05) is 41.4 Å². The Hall–Kier alpha value is -1.55. The van der Waals surface area contributed by atoms with Crippen molar-refractivity contribution in [1.82, 2.24) is 5.32 Å². The summed E-state index contributed by atoms with van der Waals surface area (Å²) in [6, 6.07) is 14.9. The van der Waals surface area contributed by atoms with Crippen LogP contribution in [0.5, 0.6) is 0 Å². The molecule has 22 heavy (non-hydrogen) atoms. The molecule has 1 amide bonds. The van der Waals surface area contributed by atoms with E-state index in [9.17, 15) is 4.79 Å². The van der Waals surface area contributed by atoms with E-state index in [0.717, 1.165) is 23.7 Å². The molecular weight excluding hydrogens is 319 g/mol. The Balaban J connectivity index is 1.62. The molecule has 0 heterocycles. The monoisotopic (exact) mass is 336 g/mol. The van der Waals surface area contributed by atoms with E-state index in [-0.39, 0.29) is 5.91 Å². The predicted molar refractivity (Wildman–Crippen MR) is 92.7 cm³/mol. The van der Waals surface area contributed by atoms with Crippen molar-refractivity contribution in [2.75, 3.05) is 18.4 Å². The fourth-order valence-corrected chi connectivity index (χ4v) is 2.32. The summed E-state index contributed by atoms with van der Waals surface area (Å²) in [5.74, 6) is -0.0266. The van der Waals surface area contributed by atoms with Crippen LogP contribution < -0.4 is 10.6 Å². The van der Waals surface area contributed by atoms with Crippen LogP contribution in [0.1, 0.15) is 12.0 Å². The van der Waals surface area contributed by atoms with E-state index in [1.807, 2.05) is 36.4 Å². The molecule has 0 unspecified atom stereocenters. The van der Waals surface area contributed by atoms with Gasteiger partial charge in [0, 0.05) is 28.7 Å². The van der Waals surface area contributed by atoms with Crippen LogP contribution >= 0.6 is 23.2 Å². The van der Waals surface area contributed by atoms with Crippen LogP contribution in [0.4, 0.5) is 5.69 Å². The Morgan fingerprint density at radius 2 is 1.73 bits per heavy atom. The van der Waals surface area contributed by atoms with Crippen molar-refractivity contribution < 1.29 is 4.79 Å². The van der Waals surface area contributed by atoms with Crippen LogP contribution in [0.3, 0.4) is 0 Å². The first-order valence-corrected chi connectivity index (χ1v) is 7.89. The molecule has 0 saturated carbocycles. The molecule has 0 aliphatic carbocycles. The molecule has 5 heteroatoms. The topological polar surface area (TPSA) is 41.1 Å². The van der Waals surface area contributed by atoms with Crippen LogP contribution in [0.2, 0.25) is 10.0 Å². The minimum absolute atomic E-state index is 0.0266. The molecule has 0 aromatic heterocycles. The highest BCUT2D eigenvalue weighted by Gasteiger charge is 2.02. The van der Waals surface area contributed by atoms with Crippen LogP contribution in [0.25, 0.3) is 0 Å². The van der Waals surface area contributed by atoms with Gasteiger partial charge in [-0.3, -0.25) is 4.79 Å². The van der Waals surface area contributed by atoms with Gasteiger partial charge in [-0.15, -0.1) is 0 Å². The lowest BCUT2D eigenvalue weighted by atomic mass is 10.1. The zero-order valence-corrected chi connectivity index (χ0v) is 13.6. The summed E-state index contributed by atoms with van der Waals surface area (Å²) >= 11 is 11.7. The summed E-state index contributed by atoms with van der Waals surface area (Å²) in [6.07, 6.45) is 1.33. The first kappa shape index (κ1) is 16.8. The van der Waals surface area contributed by atoms with Crippen molar-refractivity contribution in [3.63, 3.8) is 0 Å². The number of carbonyl (C=O) groups is 1. The Bertz CT molecular complexity index is 614. The lowest BCUT2D eigenvalue weighted by Crippen LogP contribution is -2.23. The average Bonchev–Trinajstić information content (AvgIpc) is 2.49. The van der Waals surface area contributed by atoms with E-state index in [0.29, 0.717) is 18.0 Å². The fourth-order valence-electron chi connectivity index (χ4n) is 2.00. The van der Waals surface area contributed by atoms with E-state index < -0.39 is 0 Å². The van der Waals surface area contributed by atoms with Crippen molar-refractivity contribution in [2.24, 2.45) is 0 Å². The highest BCUT2D eigenvalue weighted by Crippen LogP contribution is 2.14. The summed E-state index contributed by atoms with van der Waals surface area (Å²) < 4.78 is 0. The van der Waals surface area contributed by atoms with E-state index in [2.05, 4.69) is 10.6 Å². The molecular formula is C17H18Cl2N2O. The molecule has 0 bridgehead atoms. The molecule has 0 saturated heterocycles. The Morgan fingerprint density at radius 3 is 2.45 bits per heavy atom. The summed E-state index contributed by atoms with van der Waals surface area (Å²) in [5.41, 5.74) is 1.94. The first-order chi connectivity index (χ1) is 10.6. The minimum atomic E-state index is -0.0266. The SMILES string of the molecule is O=C(CCNCCc1ccc(Cl)cc1)Nc1cccc(Cl)c1. The Labute approximate surface area is 140 Å². The lowest BCUT2D eigenvalue weighted by molar-refractivity contribution is -0.116. The second-order valence-electron chi connectivity index (χ2n) is 4.93. The fraction of sp³-hybridized carbons (Fsp3) is 0.235. The quantitative estimate of drug-likeness (QED) is 0.745. The molecule has 2 N–H and O–H groups in total. The Morgan fingerprint density at radius 1 is 0.955 bits per heavy atom. The number of carbonyl (C=O) groups excluding carboxylic acids is 1. The first-order valence-electron chi connectivity index (χ1n) is 7.14. The van der Waals surface area contributed by atoms with Gasteiger partial charge >= 0.3 is 0 Å². The van der Waals surface area contributed by atoms with Gasteiger partial charge in [0.05, 0.1) is 0 Å². The van der Waals surface area contributed by atoms with Gasteiger partial charge in [-0.2, -0.15) is 0 Å². The van der Waals surface area contributed by atoms with Gasteiger partial charge in [0.2, 0.25) is 5.91 Å². The molecule has 116 valence electrons. The molecule has 2 aromatic carbocycles. The van der Waals surface area contributed by atoms with E-state index in [4.69, 9.17) is 23.2 Å². The van der Waals surface area contributed by atoms with E-state index in [1.165, 1.54) is 5.56 Å². The second kappa shape index (κ2) is 8.79. The lowest BCUT2D eigenvalue weighted by Gasteiger charge is -2.07. The maximum absolute atomic E-state index is 11.8. The van der Waals surface area contributed by atoms with Gasteiger partial charge in [0.25, 0.3) is 0 Å². The minimum Gasteiger partial charge on any atom is -0.326 e. The van der Waals surface area contributed by atoms with Gasteiger partial charge in [-0.25, -0.2) is 0 Å². The van der Waals surface area contributed by atoms with Crippen molar-refractivity contribution >= 4 is 34.8 Å². The number of amides is 1. The van der Waals surface area contributed by atoms with Gasteiger partial charge in [0.15, 0.2) is 0 Å². The van der Waals surface area contributed by atoms with Crippen molar-refractivity contribution in [2.45, 2.75) is 12.8 Å². The van der Waals surface area contributed by atoms with Crippen LogP contribution in [0.15, 0.2) is 48.5 Å². The molecule has 0 spiro atoms. The second-order valence-corrected chi connectivity index (χ2v) is 5.81. The van der Waals surface area contributed by atoms with E-state index >= 15 is 0 Å². The number of halogens is 2. The summed E-state index contributed by atoms with van der Waals surface area (Å²) in [7, 11) is 0. The summed E-state index contributed by atoms with van der Waals surface area (Å²) in [5, 5.41) is 7.43. The standard InChI is InChI=1S/C17H18Cl2N2O/c18-14-6-4-13(5-7-14)8-10-20-11-9-17(22)21-16-3-1-2-15(19)12-16/h1-7,12,20H,8-11H2,(H,21,22).